The zero-order valence-electron chi connectivity index (χ0n) is 5.47. The predicted octanol–water partition coefficient (Wildman–Crippen LogP) is 2.46. The molecule has 0 fully saturated rings. The fourth-order valence-electron chi connectivity index (χ4n) is 0.627. The Kier molecular flexibility index (Phi) is 2.49. The van der Waals surface area contributed by atoms with Gasteiger partial charge >= 0.3 is 0 Å². The summed E-state index contributed by atoms with van der Waals surface area (Å²) in [6.07, 6.45) is 1.08. The van der Waals surface area contributed by atoms with Gasteiger partial charge in [-0.05, 0) is 0 Å². The molecule has 0 amide bonds. The molecule has 0 radical (unpaired) electrons. The lowest BCUT2D eigenvalue weighted by atomic mass is 10.7. The van der Waals surface area contributed by atoms with Gasteiger partial charge in [0.05, 0.1) is 5.02 Å². The first kappa shape index (κ1) is 9.32. The highest BCUT2D eigenvalue weighted by Gasteiger charge is 2.18. The molecule has 0 saturated heterocycles. The van der Waals surface area contributed by atoms with Crippen molar-refractivity contribution in [2.45, 2.75) is 4.90 Å². The third-order valence-corrected chi connectivity index (χ3v) is 4.20. The second-order valence-corrected chi connectivity index (χ2v) is 5.80. The summed E-state index contributed by atoms with van der Waals surface area (Å²) >= 11 is 12.3. The molecule has 0 aromatic carbocycles. The SMILES string of the molecule is CS(=O)(=O)c1c(Cl)csc1Cl. The van der Waals surface area contributed by atoms with Gasteiger partial charge in [0, 0.05) is 11.6 Å². The molecule has 1 aromatic rings. The zero-order valence-corrected chi connectivity index (χ0v) is 8.61. The average molecular weight is 231 g/mol. The Morgan fingerprint density at radius 1 is 1.45 bits per heavy atom. The third-order valence-electron chi connectivity index (χ3n) is 1.03. The summed E-state index contributed by atoms with van der Waals surface area (Å²) in [6, 6.07) is 0. The van der Waals surface area contributed by atoms with Crippen molar-refractivity contribution in [1.82, 2.24) is 0 Å². The van der Waals surface area contributed by atoms with Gasteiger partial charge in [-0.15, -0.1) is 11.3 Å². The second-order valence-electron chi connectivity index (χ2n) is 1.96. The second kappa shape index (κ2) is 2.94. The van der Waals surface area contributed by atoms with E-state index in [2.05, 4.69) is 0 Å². The Balaban J connectivity index is 3.45. The molecule has 1 rings (SSSR count). The maximum atomic E-state index is 11.0. The van der Waals surface area contributed by atoms with E-state index in [1.54, 1.807) is 0 Å². The Bertz CT molecular complexity index is 346. The minimum Gasteiger partial charge on any atom is -0.224 e. The molecule has 0 aliphatic carbocycles. The highest BCUT2D eigenvalue weighted by molar-refractivity contribution is 7.91. The number of hydrogen-bond donors (Lipinski definition) is 0. The van der Waals surface area contributed by atoms with Crippen LogP contribution in [0.3, 0.4) is 0 Å². The molecule has 0 N–H and O–H groups in total. The van der Waals surface area contributed by atoms with Crippen LogP contribution >= 0.6 is 34.5 Å². The first-order valence-corrected chi connectivity index (χ1v) is 6.08. The molecule has 2 nitrogen and oxygen atoms in total. The molecule has 1 aromatic heterocycles. The highest BCUT2D eigenvalue weighted by Crippen LogP contribution is 2.34. The van der Waals surface area contributed by atoms with Gasteiger partial charge in [0.2, 0.25) is 0 Å². The quantitative estimate of drug-likeness (QED) is 0.743. The first-order chi connectivity index (χ1) is 4.93. The molecule has 0 atom stereocenters. The van der Waals surface area contributed by atoms with Crippen molar-refractivity contribution in [3.63, 3.8) is 0 Å². The summed E-state index contributed by atoms with van der Waals surface area (Å²) in [5, 5.41) is 1.70. The van der Waals surface area contributed by atoms with E-state index >= 15 is 0 Å². The number of halogens is 2. The summed E-state index contributed by atoms with van der Waals surface area (Å²) in [6.45, 7) is 0. The van der Waals surface area contributed by atoms with Gasteiger partial charge in [0.15, 0.2) is 9.84 Å². The molecule has 0 spiro atoms. The van der Waals surface area contributed by atoms with E-state index in [1.807, 2.05) is 0 Å². The standard InChI is InChI=1S/C5H4Cl2O2S2/c1-11(8,9)4-3(6)2-10-5(4)7/h2H,1H3. The van der Waals surface area contributed by atoms with Crippen molar-refractivity contribution in [2.75, 3.05) is 6.26 Å². The zero-order chi connectivity index (χ0) is 8.65. The average Bonchev–Trinajstić information content (AvgIpc) is 2.08. The molecule has 62 valence electrons. The van der Waals surface area contributed by atoms with Gasteiger partial charge in [-0.1, -0.05) is 23.2 Å². The predicted molar refractivity (Wildman–Crippen MR) is 47.4 cm³/mol. The van der Waals surface area contributed by atoms with Gasteiger partial charge in [0.1, 0.15) is 9.23 Å². The van der Waals surface area contributed by atoms with Gasteiger partial charge in [-0.25, -0.2) is 8.42 Å². The van der Waals surface area contributed by atoms with Crippen molar-refractivity contribution in [3.05, 3.63) is 14.7 Å². The minimum atomic E-state index is -3.27. The van der Waals surface area contributed by atoms with Crippen LogP contribution in [0.15, 0.2) is 10.3 Å². The van der Waals surface area contributed by atoms with E-state index in [0.29, 0.717) is 0 Å². The summed E-state index contributed by atoms with van der Waals surface area (Å²) in [5.74, 6) is 0. The monoisotopic (exact) mass is 230 g/mol. The van der Waals surface area contributed by atoms with Crippen LogP contribution in [0.1, 0.15) is 0 Å². The minimum absolute atomic E-state index is 0.0332. The molecule has 0 saturated carbocycles. The summed E-state index contributed by atoms with van der Waals surface area (Å²) in [5.41, 5.74) is 0. The maximum Gasteiger partial charge on any atom is 0.179 e. The van der Waals surface area contributed by atoms with Crippen LogP contribution in [-0.4, -0.2) is 14.7 Å². The largest absolute Gasteiger partial charge is 0.224 e. The lowest BCUT2D eigenvalue weighted by Crippen LogP contribution is -1.95. The summed E-state index contributed by atoms with van der Waals surface area (Å²) < 4.78 is 22.2. The molecule has 1 heterocycles. The Morgan fingerprint density at radius 3 is 2.18 bits per heavy atom. The first-order valence-electron chi connectivity index (χ1n) is 2.55. The lowest BCUT2D eigenvalue weighted by Gasteiger charge is -1.93. The van der Waals surface area contributed by atoms with Crippen molar-refractivity contribution in [1.29, 1.82) is 0 Å². The molecular formula is C5H4Cl2O2S2. The topological polar surface area (TPSA) is 34.1 Å². The Morgan fingerprint density at radius 2 is 2.00 bits per heavy atom. The third kappa shape index (κ3) is 1.87. The van der Waals surface area contributed by atoms with Gasteiger partial charge in [0.25, 0.3) is 0 Å². The molecule has 0 aliphatic heterocycles. The number of thiophene rings is 1. The summed E-state index contributed by atoms with van der Waals surface area (Å²) in [4.78, 5) is 0.0332. The number of sulfone groups is 1. The van der Waals surface area contributed by atoms with Crippen molar-refractivity contribution < 1.29 is 8.42 Å². The molecule has 0 bridgehead atoms. The fraction of sp³-hybridized carbons (Fsp3) is 0.200. The van der Waals surface area contributed by atoms with E-state index < -0.39 is 9.84 Å². The van der Waals surface area contributed by atoms with E-state index in [4.69, 9.17) is 23.2 Å². The Hall–Kier alpha value is 0.230. The van der Waals surface area contributed by atoms with Crippen molar-refractivity contribution >= 4 is 44.4 Å². The number of rotatable bonds is 1. The van der Waals surface area contributed by atoms with Gasteiger partial charge < -0.3 is 0 Å². The van der Waals surface area contributed by atoms with Crippen LogP contribution in [0.2, 0.25) is 9.36 Å². The van der Waals surface area contributed by atoms with E-state index in [9.17, 15) is 8.42 Å². The molecular weight excluding hydrogens is 227 g/mol. The van der Waals surface area contributed by atoms with E-state index in [-0.39, 0.29) is 14.3 Å². The van der Waals surface area contributed by atoms with Crippen molar-refractivity contribution in [3.8, 4) is 0 Å². The van der Waals surface area contributed by atoms with Gasteiger partial charge in [-0.3, -0.25) is 0 Å². The van der Waals surface area contributed by atoms with E-state index in [1.165, 1.54) is 5.38 Å². The number of hydrogen-bond acceptors (Lipinski definition) is 3. The molecule has 11 heavy (non-hydrogen) atoms. The smallest absolute Gasteiger partial charge is 0.179 e. The van der Waals surface area contributed by atoms with Crippen LogP contribution in [0.5, 0.6) is 0 Å². The van der Waals surface area contributed by atoms with Crippen LogP contribution < -0.4 is 0 Å². The van der Waals surface area contributed by atoms with Crippen molar-refractivity contribution in [2.24, 2.45) is 0 Å². The highest BCUT2D eigenvalue weighted by atomic mass is 35.5. The lowest BCUT2D eigenvalue weighted by molar-refractivity contribution is 0.602. The van der Waals surface area contributed by atoms with Crippen LogP contribution in [0.25, 0.3) is 0 Å². The fourth-order valence-corrected chi connectivity index (χ4v) is 3.96. The van der Waals surface area contributed by atoms with Crippen LogP contribution in [0, 0.1) is 0 Å². The van der Waals surface area contributed by atoms with Crippen LogP contribution in [0.4, 0.5) is 0 Å². The molecule has 6 heteroatoms. The molecule has 0 unspecified atom stereocenters. The summed E-state index contributed by atoms with van der Waals surface area (Å²) in [7, 11) is -3.27. The normalized spacial score (nSPS) is 11.9. The van der Waals surface area contributed by atoms with Gasteiger partial charge in [-0.2, -0.15) is 0 Å². The Labute approximate surface area is 78.7 Å². The molecule has 0 aliphatic rings. The van der Waals surface area contributed by atoms with Crippen LogP contribution in [-0.2, 0) is 9.84 Å². The maximum absolute atomic E-state index is 11.0. The van der Waals surface area contributed by atoms with E-state index in [0.717, 1.165) is 17.6 Å².